The minimum Gasteiger partial charge on any atom is -0.205 e. The lowest BCUT2D eigenvalue weighted by atomic mass is 9.88. The molecule has 1 rings (SSSR count). The Bertz CT molecular complexity index is 412. The van der Waals surface area contributed by atoms with Crippen molar-refractivity contribution in [2.45, 2.75) is 52.4 Å². The highest BCUT2D eigenvalue weighted by atomic mass is 35.5. The average Bonchev–Trinajstić information content (AvgIpc) is 2.37. The van der Waals surface area contributed by atoms with E-state index in [9.17, 15) is 4.39 Å². The first kappa shape index (κ1) is 16.2. The van der Waals surface area contributed by atoms with E-state index in [0.717, 1.165) is 18.4 Å². The number of allylic oxidation sites excluding steroid dienone is 1. The molecule has 0 aromatic heterocycles. The van der Waals surface area contributed by atoms with Gasteiger partial charge in [0, 0.05) is 0 Å². The third-order valence-corrected chi connectivity index (χ3v) is 3.88. The highest BCUT2D eigenvalue weighted by Crippen LogP contribution is 2.24. The van der Waals surface area contributed by atoms with Crippen LogP contribution in [0, 0.1) is 11.7 Å². The fourth-order valence-corrected chi connectivity index (χ4v) is 2.41. The molecule has 1 aromatic rings. The Morgan fingerprint density at radius 1 is 1.32 bits per heavy atom. The van der Waals surface area contributed by atoms with Gasteiger partial charge in [-0.2, -0.15) is 0 Å². The van der Waals surface area contributed by atoms with Gasteiger partial charge in [-0.15, -0.1) is 0 Å². The molecule has 106 valence electrons. The number of halogens is 2. The highest BCUT2D eigenvalue weighted by molar-refractivity contribution is 6.30. The van der Waals surface area contributed by atoms with Crippen LogP contribution in [0.15, 0.2) is 30.4 Å². The molecule has 19 heavy (non-hydrogen) atoms. The molecule has 0 aliphatic carbocycles. The van der Waals surface area contributed by atoms with E-state index in [2.05, 4.69) is 20.4 Å². The van der Waals surface area contributed by atoms with Crippen molar-refractivity contribution in [3.63, 3.8) is 0 Å². The van der Waals surface area contributed by atoms with Crippen molar-refractivity contribution in [3.8, 4) is 0 Å². The van der Waals surface area contributed by atoms with Crippen molar-refractivity contribution in [1.82, 2.24) is 0 Å². The van der Waals surface area contributed by atoms with E-state index in [-0.39, 0.29) is 10.8 Å². The fourth-order valence-electron chi connectivity index (χ4n) is 2.29. The zero-order chi connectivity index (χ0) is 14.3. The summed E-state index contributed by atoms with van der Waals surface area (Å²) in [5.41, 5.74) is 2.19. The molecule has 0 saturated carbocycles. The summed E-state index contributed by atoms with van der Waals surface area (Å²) >= 11 is 5.71. The summed E-state index contributed by atoms with van der Waals surface area (Å²) in [7, 11) is 0. The molecule has 0 aliphatic heterocycles. The number of hydrogen-bond donors (Lipinski definition) is 0. The molecular formula is C17H24ClF. The lowest BCUT2D eigenvalue weighted by Gasteiger charge is -2.17. The summed E-state index contributed by atoms with van der Waals surface area (Å²) in [6, 6.07) is 5.09. The topological polar surface area (TPSA) is 0 Å². The summed E-state index contributed by atoms with van der Waals surface area (Å²) in [6.45, 7) is 8.35. The Labute approximate surface area is 121 Å². The highest BCUT2D eigenvalue weighted by Gasteiger charge is 2.11. The quantitative estimate of drug-likeness (QED) is 0.394. The Balaban J connectivity index is 2.57. The van der Waals surface area contributed by atoms with Gasteiger partial charge in [0.25, 0.3) is 0 Å². The lowest BCUT2D eigenvalue weighted by Crippen LogP contribution is -2.06. The standard InChI is InChI=1S/C17H24ClF/c1-4-5-6-7-8-15(13(2)3)11-14-9-10-16(18)17(19)12-14/h9-10,12,15H,2,4-8,11H2,1,3H3. The second-order valence-electron chi connectivity index (χ2n) is 5.35. The molecule has 0 N–H and O–H groups in total. The van der Waals surface area contributed by atoms with Gasteiger partial charge >= 0.3 is 0 Å². The van der Waals surface area contributed by atoms with Gasteiger partial charge in [-0.05, 0) is 43.4 Å². The minimum atomic E-state index is -0.328. The van der Waals surface area contributed by atoms with Crippen LogP contribution in [-0.2, 0) is 6.42 Å². The number of benzene rings is 1. The van der Waals surface area contributed by atoms with Crippen LogP contribution in [0.4, 0.5) is 4.39 Å². The summed E-state index contributed by atoms with van der Waals surface area (Å²) in [5, 5.41) is 0.193. The van der Waals surface area contributed by atoms with Crippen LogP contribution in [0.2, 0.25) is 5.02 Å². The molecule has 0 bridgehead atoms. The van der Waals surface area contributed by atoms with Gasteiger partial charge in [0.2, 0.25) is 0 Å². The van der Waals surface area contributed by atoms with Gasteiger partial charge in [0.15, 0.2) is 0 Å². The molecule has 1 atom stereocenters. The predicted molar refractivity (Wildman–Crippen MR) is 82.2 cm³/mol. The third kappa shape index (κ3) is 5.78. The smallest absolute Gasteiger partial charge is 0.142 e. The minimum absolute atomic E-state index is 0.193. The first-order valence-corrected chi connectivity index (χ1v) is 7.51. The monoisotopic (exact) mass is 282 g/mol. The maximum absolute atomic E-state index is 13.4. The van der Waals surface area contributed by atoms with Crippen molar-refractivity contribution in [2.75, 3.05) is 0 Å². The Morgan fingerprint density at radius 2 is 2.05 bits per heavy atom. The summed E-state index contributed by atoms with van der Waals surface area (Å²) in [5.74, 6) is 0.114. The van der Waals surface area contributed by atoms with E-state index in [1.165, 1.54) is 31.3 Å². The molecule has 0 spiro atoms. The molecule has 0 nitrogen and oxygen atoms in total. The molecule has 0 fully saturated rings. The normalized spacial score (nSPS) is 12.4. The number of rotatable bonds is 8. The molecule has 0 saturated heterocycles. The summed E-state index contributed by atoms with van der Waals surface area (Å²) in [6.07, 6.45) is 7.03. The molecule has 0 radical (unpaired) electrons. The lowest BCUT2D eigenvalue weighted by molar-refractivity contribution is 0.507. The van der Waals surface area contributed by atoms with Crippen molar-refractivity contribution < 1.29 is 4.39 Å². The molecule has 2 heteroatoms. The van der Waals surface area contributed by atoms with Crippen LogP contribution in [0.25, 0.3) is 0 Å². The van der Waals surface area contributed by atoms with E-state index in [0.29, 0.717) is 5.92 Å². The molecule has 1 aromatic carbocycles. The van der Waals surface area contributed by atoms with Gasteiger partial charge in [-0.3, -0.25) is 0 Å². The molecule has 0 heterocycles. The van der Waals surface area contributed by atoms with Gasteiger partial charge in [0.1, 0.15) is 5.82 Å². The second kappa shape index (κ2) is 8.37. The molecule has 0 aliphatic rings. The Kier molecular flexibility index (Phi) is 7.15. The Morgan fingerprint density at radius 3 is 2.63 bits per heavy atom. The van der Waals surface area contributed by atoms with Gasteiger partial charge < -0.3 is 0 Å². The number of hydrogen-bond acceptors (Lipinski definition) is 0. The van der Waals surface area contributed by atoms with Crippen molar-refractivity contribution in [2.24, 2.45) is 5.92 Å². The first-order chi connectivity index (χ1) is 9.04. The molecule has 0 amide bonds. The SMILES string of the molecule is C=C(C)C(CCCCCC)Cc1ccc(Cl)c(F)c1. The average molecular weight is 283 g/mol. The zero-order valence-electron chi connectivity index (χ0n) is 12.0. The third-order valence-electron chi connectivity index (χ3n) is 3.57. The van der Waals surface area contributed by atoms with Crippen LogP contribution in [0.5, 0.6) is 0 Å². The van der Waals surface area contributed by atoms with E-state index in [4.69, 9.17) is 11.6 Å². The zero-order valence-corrected chi connectivity index (χ0v) is 12.8. The van der Waals surface area contributed by atoms with Crippen molar-refractivity contribution in [3.05, 3.63) is 46.8 Å². The number of unbranched alkanes of at least 4 members (excludes halogenated alkanes) is 3. The largest absolute Gasteiger partial charge is 0.205 e. The van der Waals surface area contributed by atoms with Gasteiger partial charge in [-0.1, -0.05) is 62.4 Å². The van der Waals surface area contributed by atoms with E-state index in [1.54, 1.807) is 12.1 Å². The van der Waals surface area contributed by atoms with Crippen molar-refractivity contribution in [1.29, 1.82) is 0 Å². The van der Waals surface area contributed by atoms with Crippen LogP contribution in [0.3, 0.4) is 0 Å². The molecular weight excluding hydrogens is 259 g/mol. The van der Waals surface area contributed by atoms with Crippen LogP contribution >= 0.6 is 11.6 Å². The van der Waals surface area contributed by atoms with Crippen LogP contribution < -0.4 is 0 Å². The maximum atomic E-state index is 13.4. The van der Waals surface area contributed by atoms with Gasteiger partial charge in [-0.25, -0.2) is 4.39 Å². The predicted octanol–water partition coefficient (Wildman–Crippen LogP) is 6.18. The Hall–Kier alpha value is -0.820. The van der Waals surface area contributed by atoms with E-state index in [1.807, 2.05) is 6.07 Å². The van der Waals surface area contributed by atoms with Crippen molar-refractivity contribution >= 4 is 11.6 Å². The molecule has 1 unspecified atom stereocenters. The van der Waals surface area contributed by atoms with E-state index < -0.39 is 0 Å². The second-order valence-corrected chi connectivity index (χ2v) is 5.75. The van der Waals surface area contributed by atoms with E-state index >= 15 is 0 Å². The summed E-state index contributed by atoms with van der Waals surface area (Å²) in [4.78, 5) is 0. The van der Waals surface area contributed by atoms with Crippen LogP contribution in [-0.4, -0.2) is 0 Å². The summed E-state index contributed by atoms with van der Waals surface area (Å²) < 4.78 is 13.4. The fraction of sp³-hybridized carbons (Fsp3) is 0.529. The first-order valence-electron chi connectivity index (χ1n) is 7.14. The maximum Gasteiger partial charge on any atom is 0.142 e. The van der Waals surface area contributed by atoms with Gasteiger partial charge in [0.05, 0.1) is 5.02 Å². The van der Waals surface area contributed by atoms with Crippen LogP contribution in [0.1, 0.15) is 51.5 Å².